The monoisotopic (exact) mass is 426 g/mol. The Morgan fingerprint density at radius 3 is 2.70 bits per heavy atom. The number of carbonyl (C=O) groups excluding carboxylic acids is 2. The van der Waals surface area contributed by atoms with E-state index in [-0.39, 0.29) is 12.4 Å². The lowest BCUT2D eigenvalue weighted by Gasteiger charge is -2.09. The molecule has 1 aromatic carbocycles. The van der Waals surface area contributed by atoms with Crippen molar-refractivity contribution in [2.75, 3.05) is 13.2 Å². The van der Waals surface area contributed by atoms with Crippen molar-refractivity contribution in [2.45, 2.75) is 20.3 Å². The van der Waals surface area contributed by atoms with Gasteiger partial charge in [0.1, 0.15) is 17.1 Å². The van der Waals surface area contributed by atoms with Gasteiger partial charge in [0, 0.05) is 22.7 Å². The average Bonchev–Trinajstić information content (AvgIpc) is 3.14. The molecule has 6 nitrogen and oxygen atoms in total. The van der Waals surface area contributed by atoms with Crippen LogP contribution in [0.1, 0.15) is 29.2 Å². The number of imidazole rings is 1. The van der Waals surface area contributed by atoms with Crippen LogP contribution >= 0.6 is 34.5 Å². The quantitative estimate of drug-likeness (QED) is 0.404. The number of carbonyl (C=O) groups is 2. The van der Waals surface area contributed by atoms with Crippen LogP contribution in [0.4, 0.5) is 0 Å². The summed E-state index contributed by atoms with van der Waals surface area (Å²) in [6.45, 7) is 4.38. The van der Waals surface area contributed by atoms with Crippen molar-refractivity contribution < 1.29 is 19.1 Å². The van der Waals surface area contributed by atoms with Crippen molar-refractivity contribution in [1.29, 1.82) is 0 Å². The number of rotatable bonds is 7. The molecule has 0 saturated carbocycles. The zero-order chi connectivity index (χ0) is 19.6. The van der Waals surface area contributed by atoms with Crippen molar-refractivity contribution in [3.63, 3.8) is 0 Å². The summed E-state index contributed by atoms with van der Waals surface area (Å²) in [5.74, 6) is 0.148. The van der Waals surface area contributed by atoms with E-state index >= 15 is 0 Å². The predicted molar refractivity (Wildman–Crippen MR) is 105 cm³/mol. The number of hydrogen-bond acceptors (Lipinski definition) is 6. The van der Waals surface area contributed by atoms with Gasteiger partial charge in [-0.2, -0.15) is 0 Å². The maximum atomic E-state index is 11.7. The lowest BCUT2D eigenvalue weighted by molar-refractivity contribution is -0.142. The summed E-state index contributed by atoms with van der Waals surface area (Å²) in [6.07, 6.45) is 2.54. The number of fused-ring (bicyclic) bond motifs is 1. The summed E-state index contributed by atoms with van der Waals surface area (Å²) in [7, 11) is 0. The number of thiazole rings is 1. The molecule has 0 atom stereocenters. The van der Waals surface area contributed by atoms with Gasteiger partial charge in [-0.3, -0.25) is 14.0 Å². The molecule has 0 amide bonds. The summed E-state index contributed by atoms with van der Waals surface area (Å²) in [4.78, 5) is 29.2. The van der Waals surface area contributed by atoms with E-state index in [1.165, 1.54) is 11.3 Å². The van der Waals surface area contributed by atoms with Crippen LogP contribution in [0.5, 0.6) is 5.75 Å². The third-order valence-electron chi connectivity index (χ3n) is 3.72. The molecule has 0 saturated heterocycles. The van der Waals surface area contributed by atoms with Gasteiger partial charge >= 0.3 is 5.97 Å². The van der Waals surface area contributed by atoms with Gasteiger partial charge in [0.15, 0.2) is 11.2 Å². The fourth-order valence-electron chi connectivity index (χ4n) is 2.63. The largest absolute Gasteiger partial charge is 0.492 e. The van der Waals surface area contributed by atoms with Crippen LogP contribution in [0.25, 0.3) is 16.2 Å². The van der Waals surface area contributed by atoms with Gasteiger partial charge in [-0.25, -0.2) is 4.98 Å². The molecule has 0 bridgehead atoms. The van der Waals surface area contributed by atoms with Gasteiger partial charge in [-0.15, -0.1) is 11.3 Å². The number of ether oxygens (including phenoxy) is 2. The zero-order valence-corrected chi connectivity index (χ0v) is 17.0. The van der Waals surface area contributed by atoms with Crippen LogP contribution < -0.4 is 4.74 Å². The molecule has 0 aliphatic heterocycles. The highest BCUT2D eigenvalue weighted by Gasteiger charge is 2.20. The summed E-state index contributed by atoms with van der Waals surface area (Å²) >= 11 is 13.9. The molecular weight excluding hydrogens is 411 g/mol. The molecule has 2 heterocycles. The Morgan fingerprint density at radius 2 is 2.04 bits per heavy atom. The molecular formula is C18H16Cl2N2O4S. The van der Waals surface area contributed by atoms with Gasteiger partial charge < -0.3 is 9.47 Å². The standard InChI is InChI=1S/C18H16Cl2N2O4S/c1-3-25-15-7-12(19)11(6-13(15)20)17-14(9-23)22-8-10(27-18(22)21-17)5-16(24)26-4-2/h6-9H,3-5H2,1-2H3. The second kappa shape index (κ2) is 8.29. The summed E-state index contributed by atoms with van der Waals surface area (Å²) < 4.78 is 12.0. The minimum Gasteiger partial charge on any atom is -0.492 e. The van der Waals surface area contributed by atoms with E-state index in [4.69, 9.17) is 32.7 Å². The number of aromatic nitrogens is 2. The number of halogens is 2. The van der Waals surface area contributed by atoms with Crippen molar-refractivity contribution in [3.8, 4) is 17.0 Å². The minimum atomic E-state index is -0.323. The number of benzene rings is 1. The Morgan fingerprint density at radius 1 is 1.26 bits per heavy atom. The Labute approximate surface area is 169 Å². The Hall–Kier alpha value is -2.09. The fourth-order valence-corrected chi connectivity index (χ4v) is 4.06. The third-order valence-corrected chi connectivity index (χ3v) is 5.31. The van der Waals surface area contributed by atoms with E-state index in [0.29, 0.717) is 57.2 Å². The average molecular weight is 427 g/mol. The number of nitrogens with zero attached hydrogens (tertiary/aromatic N) is 2. The van der Waals surface area contributed by atoms with Crippen molar-refractivity contribution in [1.82, 2.24) is 9.38 Å². The zero-order valence-electron chi connectivity index (χ0n) is 14.6. The van der Waals surface area contributed by atoms with E-state index in [1.807, 2.05) is 6.92 Å². The van der Waals surface area contributed by atoms with Crippen LogP contribution in [0, 0.1) is 0 Å². The van der Waals surface area contributed by atoms with E-state index in [0.717, 1.165) is 4.88 Å². The number of esters is 1. The molecule has 0 unspecified atom stereocenters. The first-order valence-corrected chi connectivity index (χ1v) is 9.79. The van der Waals surface area contributed by atoms with Gasteiger partial charge in [-0.1, -0.05) is 23.2 Å². The molecule has 2 aromatic heterocycles. The topological polar surface area (TPSA) is 69.9 Å². The SMILES string of the molecule is CCOC(=O)Cc1cn2c(C=O)c(-c3cc(Cl)c(OCC)cc3Cl)nc2s1. The second-order valence-electron chi connectivity index (χ2n) is 5.49. The minimum absolute atomic E-state index is 0.130. The van der Waals surface area contributed by atoms with Crippen molar-refractivity contribution >= 4 is 51.8 Å². The third kappa shape index (κ3) is 3.95. The first-order chi connectivity index (χ1) is 13.0. The van der Waals surface area contributed by atoms with Crippen molar-refractivity contribution in [2.24, 2.45) is 0 Å². The highest BCUT2D eigenvalue weighted by atomic mass is 35.5. The van der Waals surface area contributed by atoms with E-state index in [2.05, 4.69) is 4.98 Å². The molecule has 9 heteroatoms. The highest BCUT2D eigenvalue weighted by molar-refractivity contribution is 7.17. The first-order valence-electron chi connectivity index (χ1n) is 8.22. The van der Waals surface area contributed by atoms with Gasteiger partial charge in [0.25, 0.3) is 0 Å². The second-order valence-corrected chi connectivity index (χ2v) is 7.40. The van der Waals surface area contributed by atoms with Crippen LogP contribution in [0.15, 0.2) is 18.3 Å². The molecule has 142 valence electrons. The number of hydrogen-bond donors (Lipinski definition) is 0. The summed E-state index contributed by atoms with van der Waals surface area (Å²) in [5.41, 5.74) is 1.29. The van der Waals surface area contributed by atoms with Crippen LogP contribution in [-0.4, -0.2) is 34.9 Å². The van der Waals surface area contributed by atoms with Crippen LogP contribution in [-0.2, 0) is 16.0 Å². The summed E-state index contributed by atoms with van der Waals surface area (Å²) in [6, 6.07) is 3.24. The molecule has 0 N–H and O–H groups in total. The lowest BCUT2D eigenvalue weighted by atomic mass is 10.1. The van der Waals surface area contributed by atoms with Gasteiger partial charge in [0.05, 0.1) is 29.7 Å². The molecule has 0 aliphatic carbocycles. The molecule has 3 aromatic rings. The molecule has 0 aliphatic rings. The van der Waals surface area contributed by atoms with E-state index in [1.54, 1.807) is 29.7 Å². The van der Waals surface area contributed by atoms with E-state index in [9.17, 15) is 9.59 Å². The molecule has 0 radical (unpaired) electrons. The maximum absolute atomic E-state index is 11.7. The molecule has 27 heavy (non-hydrogen) atoms. The normalized spacial score (nSPS) is 11.0. The smallest absolute Gasteiger partial charge is 0.311 e. The van der Waals surface area contributed by atoms with Gasteiger partial charge in [-0.05, 0) is 19.9 Å². The Bertz CT molecular complexity index is 1010. The molecule has 3 rings (SSSR count). The Balaban J connectivity index is 2.03. The predicted octanol–water partition coefficient (Wildman–Crippen LogP) is 4.69. The van der Waals surface area contributed by atoms with Crippen molar-refractivity contribution in [3.05, 3.63) is 38.9 Å². The lowest BCUT2D eigenvalue weighted by Crippen LogP contribution is -2.06. The first kappa shape index (κ1) is 19.7. The van der Waals surface area contributed by atoms with Gasteiger partial charge in [0.2, 0.25) is 0 Å². The molecule has 0 fully saturated rings. The highest BCUT2D eigenvalue weighted by Crippen LogP contribution is 2.38. The Kier molecular flexibility index (Phi) is 6.04. The maximum Gasteiger partial charge on any atom is 0.311 e. The van der Waals surface area contributed by atoms with Crippen LogP contribution in [0.2, 0.25) is 10.0 Å². The fraction of sp³-hybridized carbons (Fsp3) is 0.278. The van der Waals surface area contributed by atoms with E-state index < -0.39 is 0 Å². The molecule has 0 spiro atoms. The van der Waals surface area contributed by atoms with Crippen LogP contribution in [0.3, 0.4) is 0 Å². The number of aldehydes is 1. The summed E-state index contributed by atoms with van der Waals surface area (Å²) in [5, 5.41) is 0.760.